The molecular formula is C80H160N40. The summed E-state index contributed by atoms with van der Waals surface area (Å²) in [5, 5.41) is 83.0. The third kappa shape index (κ3) is 61.0. The maximum absolute atomic E-state index is 8.30. The lowest BCUT2D eigenvalue weighted by molar-refractivity contribution is 0.288. The van der Waals surface area contributed by atoms with E-state index in [-0.39, 0.29) is 121 Å². The average Bonchev–Trinajstić information content (AvgIpc) is 0.987. The summed E-state index contributed by atoms with van der Waals surface area (Å²) in [6.07, 6.45) is 16.8. The Morgan fingerprint density at radius 3 is 0.200 bits per heavy atom. The van der Waals surface area contributed by atoms with Crippen LogP contribution >= 0.6 is 0 Å². The predicted octanol–water partition coefficient (Wildman–Crippen LogP) is 9.01. The number of nitrogens with two attached hydrogens (primary N) is 10. The number of nitrogens with zero attached hydrogens (tertiary/aromatic N) is 30. The van der Waals surface area contributed by atoms with Gasteiger partial charge < -0.3 is 106 Å². The second-order valence-electron chi connectivity index (χ2n) is 31.6. The zero-order valence-electron chi connectivity index (χ0n) is 80.7. The van der Waals surface area contributed by atoms with Crippen LogP contribution in [0.15, 0.2) is 49.9 Å². The molecule has 0 unspecified atom stereocenters. The average molecular weight is 1680 g/mol. The van der Waals surface area contributed by atoms with Gasteiger partial charge in [-0.25, -0.2) is 0 Å². The van der Waals surface area contributed by atoms with E-state index in [0.717, 1.165) is 0 Å². The monoisotopic (exact) mass is 1680 g/mol. The Labute approximate surface area is 724 Å². The van der Waals surface area contributed by atoms with Crippen molar-refractivity contribution in [3.05, 3.63) is 0 Å². The summed E-state index contributed by atoms with van der Waals surface area (Å²) in [5.41, 5.74) is 55.8. The van der Waals surface area contributed by atoms with E-state index >= 15 is 0 Å². The van der Waals surface area contributed by atoms with E-state index in [9.17, 15) is 0 Å². The summed E-state index contributed by atoms with van der Waals surface area (Å²) in [5.74, 6) is 2.94. The van der Waals surface area contributed by atoms with Crippen molar-refractivity contribution in [1.29, 1.82) is 52.6 Å². The van der Waals surface area contributed by atoms with Crippen molar-refractivity contribution in [2.45, 2.75) is 398 Å². The standard InChI is InChI=1S/10C8H16N4/c10*1-6(2)12(7(3)4)8(10)11-5-9/h10*6-7H,1-4H3,(H2,10,11). The van der Waals surface area contributed by atoms with Gasteiger partial charge in [0, 0.05) is 121 Å². The molecule has 0 saturated carbocycles. The summed E-state index contributed by atoms with van der Waals surface area (Å²) < 4.78 is 0. The number of aliphatic imine (C=N–C) groups is 10. The molecule has 0 bridgehead atoms. The molecule has 0 aromatic rings. The van der Waals surface area contributed by atoms with Crippen LogP contribution in [-0.2, 0) is 0 Å². The van der Waals surface area contributed by atoms with Crippen molar-refractivity contribution >= 4 is 59.6 Å². The van der Waals surface area contributed by atoms with Crippen molar-refractivity contribution in [1.82, 2.24) is 49.0 Å². The molecule has 0 rings (SSSR count). The molecule has 0 atom stereocenters. The number of hydrogen-bond acceptors (Lipinski definition) is 20. The van der Waals surface area contributed by atoms with Crippen LogP contribution in [-0.4, -0.2) is 229 Å². The van der Waals surface area contributed by atoms with Gasteiger partial charge in [0.2, 0.25) is 122 Å². The summed E-state index contributed by atoms with van der Waals surface area (Å²) in [7, 11) is 0. The smallest absolute Gasteiger partial charge is 0.209 e. The molecule has 0 aliphatic heterocycles. The Morgan fingerprint density at radius 1 is 0.133 bits per heavy atom. The molecule has 680 valence electrons. The zero-order chi connectivity index (χ0) is 97.2. The molecule has 0 aliphatic carbocycles. The lowest BCUT2D eigenvalue weighted by atomic mass is 10.2. The fraction of sp³-hybridized carbons (Fsp3) is 0.750. The SMILES string of the molecule is CC(C)N(C(N)=NC#N)C(C)C.CC(C)N(C(N)=NC#N)C(C)C.CC(C)N(C(N)=NC#N)C(C)C.CC(C)N(C(N)=NC#N)C(C)C.CC(C)N(C(N)=NC#N)C(C)C.CC(C)N(C(N)=NC#N)C(C)C.CC(C)N(C(N)=NC#N)C(C)C.CC(C)N(C(N)=NC#N)C(C)C.CC(C)N(C(N)=NC#N)C(C)C.CC(C)N(C(N)=NC#N)C(C)C. The molecule has 40 nitrogen and oxygen atoms in total. The second-order valence-corrected chi connectivity index (χ2v) is 31.6. The molecule has 0 spiro atoms. The van der Waals surface area contributed by atoms with E-state index in [1.807, 2.05) is 326 Å². The molecule has 120 heavy (non-hydrogen) atoms. The highest BCUT2D eigenvalue weighted by molar-refractivity contribution is 5.83. The zero-order valence-corrected chi connectivity index (χ0v) is 80.7. The van der Waals surface area contributed by atoms with Crippen molar-refractivity contribution in [3.8, 4) is 61.9 Å². The highest BCUT2D eigenvalue weighted by Gasteiger charge is 2.23. The lowest BCUT2D eigenvalue weighted by Crippen LogP contribution is -2.46. The largest absolute Gasteiger partial charge is 0.369 e. The number of guanidine groups is 10. The highest BCUT2D eigenvalue weighted by atomic mass is 15.3. The van der Waals surface area contributed by atoms with Crippen molar-refractivity contribution in [2.75, 3.05) is 0 Å². The van der Waals surface area contributed by atoms with E-state index in [4.69, 9.17) is 110 Å². The lowest BCUT2D eigenvalue weighted by Gasteiger charge is -2.30. The van der Waals surface area contributed by atoms with E-state index in [1.165, 1.54) is 0 Å². The van der Waals surface area contributed by atoms with Crippen LogP contribution in [0.3, 0.4) is 0 Å². The molecule has 0 amide bonds. The van der Waals surface area contributed by atoms with Crippen LogP contribution in [0.4, 0.5) is 0 Å². The van der Waals surface area contributed by atoms with Gasteiger partial charge >= 0.3 is 0 Å². The molecule has 0 heterocycles. The first-order valence-corrected chi connectivity index (χ1v) is 40.1. The molecule has 0 fully saturated rings. The van der Waals surface area contributed by atoms with Gasteiger partial charge in [-0.1, -0.05) is 0 Å². The maximum atomic E-state index is 8.30. The van der Waals surface area contributed by atoms with Crippen molar-refractivity contribution in [2.24, 2.45) is 107 Å². The molecule has 0 aliphatic rings. The molecule has 0 aromatic heterocycles. The second kappa shape index (κ2) is 73.0. The van der Waals surface area contributed by atoms with E-state index in [0.29, 0.717) is 59.6 Å². The van der Waals surface area contributed by atoms with Crippen LogP contribution in [0.25, 0.3) is 0 Å². The van der Waals surface area contributed by atoms with Gasteiger partial charge in [-0.15, -0.1) is 49.9 Å². The molecular weight excluding hydrogens is 1520 g/mol. The highest BCUT2D eigenvalue weighted by Crippen LogP contribution is 2.11. The van der Waals surface area contributed by atoms with E-state index in [2.05, 4.69) is 49.9 Å². The quantitative estimate of drug-likeness (QED) is 0.0308. The first-order chi connectivity index (χ1) is 55.0. The number of hydrogen-bond donors (Lipinski definition) is 10. The van der Waals surface area contributed by atoms with E-state index in [1.54, 1.807) is 61.9 Å². The molecule has 0 radical (unpaired) electrons. The Hall–Kier alpha value is -12.4. The minimum atomic E-state index is 0.266. The van der Waals surface area contributed by atoms with Gasteiger partial charge in [-0.3, -0.25) is 0 Å². The summed E-state index contributed by atoms with van der Waals surface area (Å²) >= 11 is 0. The van der Waals surface area contributed by atoms with Crippen LogP contribution in [0.1, 0.15) is 277 Å². The van der Waals surface area contributed by atoms with Gasteiger partial charge in [-0.05, 0) is 277 Å². The molecule has 0 aromatic carbocycles. The molecule has 20 N–H and O–H groups in total. The Bertz CT molecular complexity index is 2680. The topological polar surface area (TPSA) is 654 Å². The van der Waals surface area contributed by atoms with Crippen LogP contribution in [0.2, 0.25) is 0 Å². The Balaban J connectivity index is -0.000000140. The molecule has 40 heteroatoms. The Kier molecular flexibility index (Phi) is 78.1. The minimum absolute atomic E-state index is 0.266. The van der Waals surface area contributed by atoms with E-state index < -0.39 is 0 Å². The number of rotatable bonds is 20. The van der Waals surface area contributed by atoms with Gasteiger partial charge in [0.05, 0.1) is 0 Å². The molecule has 0 saturated heterocycles. The summed E-state index contributed by atoms with van der Waals surface area (Å²) in [6.45, 7) is 80.5. The third-order valence-electron chi connectivity index (χ3n) is 15.4. The Morgan fingerprint density at radius 2 is 0.175 bits per heavy atom. The summed E-state index contributed by atoms with van der Waals surface area (Å²) in [6, 6.07) is 5.32. The normalized spacial score (nSPS) is 11.9. The van der Waals surface area contributed by atoms with Crippen molar-refractivity contribution in [3.63, 3.8) is 0 Å². The first kappa shape index (κ1) is 128. The van der Waals surface area contributed by atoms with Gasteiger partial charge in [-0.2, -0.15) is 52.6 Å². The van der Waals surface area contributed by atoms with Crippen molar-refractivity contribution < 1.29 is 0 Å². The first-order valence-electron chi connectivity index (χ1n) is 40.1. The predicted molar refractivity (Wildman–Crippen MR) is 493 cm³/mol. The van der Waals surface area contributed by atoms with Crippen LogP contribution in [0.5, 0.6) is 0 Å². The fourth-order valence-corrected chi connectivity index (χ4v) is 12.3. The van der Waals surface area contributed by atoms with Gasteiger partial charge in [0.15, 0.2) is 0 Å². The van der Waals surface area contributed by atoms with Gasteiger partial charge in [0.25, 0.3) is 0 Å². The van der Waals surface area contributed by atoms with Crippen LogP contribution in [0, 0.1) is 115 Å². The van der Waals surface area contributed by atoms with Gasteiger partial charge in [0.1, 0.15) is 0 Å². The third-order valence-corrected chi connectivity index (χ3v) is 15.4. The number of nitriles is 10. The van der Waals surface area contributed by atoms with Crippen LogP contribution < -0.4 is 57.3 Å². The summed E-state index contributed by atoms with van der Waals surface area (Å²) in [4.78, 5) is 53.9. The minimum Gasteiger partial charge on any atom is -0.369 e. The maximum Gasteiger partial charge on any atom is 0.209 e. The fourth-order valence-electron chi connectivity index (χ4n) is 12.3.